The highest BCUT2D eigenvalue weighted by molar-refractivity contribution is 8.13. The number of rotatable bonds is 5. The van der Waals surface area contributed by atoms with Crippen LogP contribution < -0.4 is 10.5 Å². The molecule has 1 saturated carbocycles. The number of aromatic nitrogens is 1. The fourth-order valence-corrected chi connectivity index (χ4v) is 4.73. The molecule has 2 aromatic rings. The molecule has 2 unspecified atom stereocenters. The van der Waals surface area contributed by atoms with Crippen LogP contribution in [-0.2, 0) is 10.3 Å². The quantitative estimate of drug-likeness (QED) is 0.808. The number of ether oxygens (including phenoxy) is 1. The Kier molecular flexibility index (Phi) is 4.88. The molecule has 1 fully saturated rings. The summed E-state index contributed by atoms with van der Waals surface area (Å²) in [6.07, 6.45) is 3.52. The second-order valence-corrected chi connectivity index (χ2v) is 9.94. The van der Waals surface area contributed by atoms with Crippen molar-refractivity contribution in [1.29, 1.82) is 5.26 Å². The Bertz CT molecular complexity index is 1050. The van der Waals surface area contributed by atoms with Gasteiger partial charge >= 0.3 is 0 Å². The molecule has 0 bridgehead atoms. The van der Waals surface area contributed by atoms with Gasteiger partial charge in [0.15, 0.2) is 0 Å². The fraction of sp³-hybridized carbons (Fsp3) is 0.455. The summed E-state index contributed by atoms with van der Waals surface area (Å²) in [6.45, 7) is 6.70. The van der Waals surface area contributed by atoms with Crippen molar-refractivity contribution >= 4 is 34.1 Å². The Morgan fingerprint density at radius 3 is 2.69 bits per heavy atom. The summed E-state index contributed by atoms with van der Waals surface area (Å²) in [5.41, 5.74) is 9.63. The molecule has 6 nitrogen and oxygen atoms in total. The van der Waals surface area contributed by atoms with Crippen LogP contribution in [0.15, 0.2) is 29.4 Å². The minimum atomic E-state index is -0.809. The van der Waals surface area contributed by atoms with Gasteiger partial charge in [0, 0.05) is 11.6 Å². The van der Waals surface area contributed by atoms with E-state index in [9.17, 15) is 10.1 Å². The third kappa shape index (κ3) is 3.63. The van der Waals surface area contributed by atoms with Crippen LogP contribution in [0.3, 0.4) is 0 Å². The number of fused-ring (bicyclic) bond motifs is 1. The molecule has 7 heteroatoms. The van der Waals surface area contributed by atoms with E-state index in [4.69, 9.17) is 10.5 Å². The van der Waals surface area contributed by atoms with Crippen molar-refractivity contribution in [3.63, 3.8) is 0 Å². The summed E-state index contributed by atoms with van der Waals surface area (Å²) in [6, 6.07) is 7.97. The lowest BCUT2D eigenvalue weighted by Crippen LogP contribution is -2.50. The first-order chi connectivity index (χ1) is 13.7. The van der Waals surface area contributed by atoms with Gasteiger partial charge in [0.25, 0.3) is 5.91 Å². The third-order valence-corrected chi connectivity index (χ3v) is 6.47. The van der Waals surface area contributed by atoms with Crippen molar-refractivity contribution in [2.24, 2.45) is 22.1 Å². The van der Waals surface area contributed by atoms with Gasteiger partial charge in [0.1, 0.15) is 22.6 Å². The lowest BCUT2D eigenvalue weighted by Gasteiger charge is -2.34. The smallest absolute Gasteiger partial charge is 0.261 e. The zero-order chi connectivity index (χ0) is 20.8. The van der Waals surface area contributed by atoms with Gasteiger partial charge in [-0.2, -0.15) is 5.26 Å². The maximum atomic E-state index is 12.4. The standard InChI is InChI=1S/C22H24N4O2S/c1-21(2,3)11-28-18-13(9-23)10-25-17-7-6-15(8-16(17)18)22(24,14-4-5-14)19-20(27)26-12-29-19/h6-8,10,12,14,19H,4-5,11,24H2,1-3H3. The van der Waals surface area contributed by atoms with E-state index in [2.05, 4.69) is 36.8 Å². The second kappa shape index (κ2) is 7.12. The van der Waals surface area contributed by atoms with Crippen LogP contribution in [0.1, 0.15) is 44.7 Å². The first-order valence-electron chi connectivity index (χ1n) is 9.71. The molecule has 0 radical (unpaired) electrons. The van der Waals surface area contributed by atoms with Crippen LogP contribution in [0, 0.1) is 22.7 Å². The molecule has 2 heterocycles. The molecule has 4 rings (SSSR count). The van der Waals surface area contributed by atoms with Gasteiger partial charge in [-0.25, -0.2) is 4.99 Å². The monoisotopic (exact) mass is 408 g/mol. The van der Waals surface area contributed by atoms with Crippen molar-refractivity contribution in [3.05, 3.63) is 35.5 Å². The van der Waals surface area contributed by atoms with Crippen LogP contribution >= 0.6 is 11.8 Å². The number of pyridine rings is 1. The molecule has 1 aliphatic heterocycles. The maximum absolute atomic E-state index is 12.4. The van der Waals surface area contributed by atoms with E-state index in [0.717, 1.165) is 29.3 Å². The van der Waals surface area contributed by atoms with Gasteiger partial charge in [-0.05, 0) is 41.9 Å². The Hall–Kier alpha value is -2.43. The minimum Gasteiger partial charge on any atom is -0.491 e. The van der Waals surface area contributed by atoms with Crippen molar-refractivity contribution in [2.75, 3.05) is 6.61 Å². The van der Waals surface area contributed by atoms with Gasteiger partial charge < -0.3 is 10.5 Å². The summed E-state index contributed by atoms with van der Waals surface area (Å²) < 4.78 is 6.10. The fourth-order valence-electron chi connectivity index (χ4n) is 3.71. The number of thioether (sulfide) groups is 1. The molecule has 0 saturated heterocycles. The zero-order valence-corrected chi connectivity index (χ0v) is 17.6. The SMILES string of the molecule is CC(C)(C)COc1c(C#N)cnc2ccc(C(N)(C3CC3)C3SC=NC3=O)cc12. The molecule has 1 amide bonds. The molecule has 29 heavy (non-hydrogen) atoms. The number of hydrogen-bond donors (Lipinski definition) is 1. The molecule has 2 atom stereocenters. The highest BCUT2D eigenvalue weighted by Gasteiger charge is 2.53. The summed E-state index contributed by atoms with van der Waals surface area (Å²) in [7, 11) is 0. The molecule has 150 valence electrons. The van der Waals surface area contributed by atoms with Crippen LogP contribution in [-0.4, -0.2) is 28.3 Å². The van der Waals surface area contributed by atoms with Gasteiger partial charge in [-0.3, -0.25) is 9.78 Å². The number of nitrogens with zero attached hydrogens (tertiary/aromatic N) is 3. The molecule has 0 spiro atoms. The molecular formula is C22H24N4O2S. The highest BCUT2D eigenvalue weighted by atomic mass is 32.2. The topological polar surface area (TPSA) is 101 Å². The largest absolute Gasteiger partial charge is 0.491 e. The van der Waals surface area contributed by atoms with Crippen molar-refractivity contribution in [1.82, 2.24) is 4.98 Å². The third-order valence-electron chi connectivity index (χ3n) is 5.38. The van der Waals surface area contributed by atoms with Crippen LogP contribution in [0.25, 0.3) is 10.9 Å². The van der Waals surface area contributed by atoms with Crippen LogP contribution in [0.4, 0.5) is 0 Å². The first kappa shape index (κ1) is 19.9. The lowest BCUT2D eigenvalue weighted by molar-refractivity contribution is -0.118. The number of amides is 1. The molecule has 1 aliphatic carbocycles. The summed E-state index contributed by atoms with van der Waals surface area (Å²) >= 11 is 1.39. The molecular weight excluding hydrogens is 384 g/mol. The number of nitriles is 1. The van der Waals surface area contributed by atoms with Crippen molar-refractivity contribution in [2.45, 2.75) is 44.4 Å². The molecule has 1 aromatic carbocycles. The van der Waals surface area contributed by atoms with E-state index in [-0.39, 0.29) is 17.2 Å². The van der Waals surface area contributed by atoms with E-state index in [1.807, 2.05) is 18.2 Å². The molecule has 2 N–H and O–H groups in total. The molecule has 1 aromatic heterocycles. The van der Waals surface area contributed by atoms with E-state index < -0.39 is 10.8 Å². The van der Waals surface area contributed by atoms with Crippen LogP contribution in [0.5, 0.6) is 5.75 Å². The van der Waals surface area contributed by atoms with Crippen molar-refractivity contribution in [3.8, 4) is 11.8 Å². The van der Waals surface area contributed by atoms with Crippen molar-refractivity contribution < 1.29 is 9.53 Å². The summed E-state index contributed by atoms with van der Waals surface area (Å²) in [5.74, 6) is 0.570. The number of nitrogens with two attached hydrogens (primary N) is 1. The average Bonchev–Trinajstić information content (AvgIpc) is 3.45. The van der Waals surface area contributed by atoms with Crippen LogP contribution in [0.2, 0.25) is 0 Å². The minimum absolute atomic E-state index is 0.0597. The lowest BCUT2D eigenvalue weighted by atomic mass is 9.81. The summed E-state index contributed by atoms with van der Waals surface area (Å²) in [5, 5.41) is 9.90. The van der Waals surface area contributed by atoms with E-state index in [0.29, 0.717) is 17.9 Å². The number of benzene rings is 1. The first-order valence-corrected chi connectivity index (χ1v) is 10.6. The average molecular weight is 409 g/mol. The Morgan fingerprint density at radius 1 is 1.34 bits per heavy atom. The molecule has 2 aliphatic rings. The maximum Gasteiger partial charge on any atom is 0.261 e. The van der Waals surface area contributed by atoms with E-state index in [1.165, 1.54) is 11.8 Å². The highest BCUT2D eigenvalue weighted by Crippen LogP contribution is 2.50. The Morgan fingerprint density at radius 2 is 2.10 bits per heavy atom. The number of carbonyl (C=O) groups is 1. The van der Waals surface area contributed by atoms with Gasteiger partial charge in [0.05, 0.1) is 23.2 Å². The number of carbonyl (C=O) groups excluding carboxylic acids is 1. The number of aliphatic imine (C=N–C) groups is 1. The van der Waals surface area contributed by atoms with Gasteiger partial charge in [-0.15, -0.1) is 0 Å². The normalized spacial score (nSPS) is 21.2. The van der Waals surface area contributed by atoms with Gasteiger partial charge in [0.2, 0.25) is 0 Å². The Balaban J connectivity index is 1.84. The van der Waals surface area contributed by atoms with E-state index >= 15 is 0 Å². The Labute approximate surface area is 174 Å². The predicted octanol–water partition coefficient (Wildman–Crippen LogP) is 3.77. The second-order valence-electron chi connectivity index (χ2n) is 8.99. The summed E-state index contributed by atoms with van der Waals surface area (Å²) in [4.78, 5) is 20.7. The van der Waals surface area contributed by atoms with Gasteiger partial charge in [-0.1, -0.05) is 38.6 Å². The zero-order valence-electron chi connectivity index (χ0n) is 16.8. The predicted molar refractivity (Wildman–Crippen MR) is 115 cm³/mol. The number of hydrogen-bond acceptors (Lipinski definition) is 6. The van der Waals surface area contributed by atoms with E-state index in [1.54, 1.807) is 11.7 Å².